The van der Waals surface area contributed by atoms with Crippen LogP contribution in [0.4, 0.5) is 0 Å². The molecule has 0 spiro atoms. The molecule has 1 unspecified atom stereocenters. The zero-order valence-electron chi connectivity index (χ0n) is 6.97. The van der Waals surface area contributed by atoms with E-state index >= 15 is 0 Å². The average molecular weight is 158 g/mol. The van der Waals surface area contributed by atoms with Crippen molar-refractivity contribution in [2.45, 2.75) is 39.0 Å². The van der Waals surface area contributed by atoms with Gasteiger partial charge in [-0.2, -0.15) is 15.4 Å². The van der Waals surface area contributed by atoms with Crippen LogP contribution < -0.4 is 0 Å². The third kappa shape index (κ3) is 8.17. The molecule has 1 atom stereocenters. The van der Waals surface area contributed by atoms with Crippen molar-refractivity contribution < 1.29 is 0 Å². The van der Waals surface area contributed by atoms with Crippen molar-refractivity contribution in [1.82, 2.24) is 0 Å². The standard InChI is InChI=1S/C9H19P/c1-2-3-4-5-6-7-8-9-10/h6-7,9H,2-5,8H2,1,10H3/b7-6-. The molecule has 0 aliphatic rings. The Bertz CT molecular complexity index is 76.8. The van der Waals surface area contributed by atoms with E-state index in [1.165, 1.54) is 25.7 Å². The summed E-state index contributed by atoms with van der Waals surface area (Å²) in [4.78, 5) is 0. The summed E-state index contributed by atoms with van der Waals surface area (Å²) in [5.41, 5.74) is 0. The molecule has 0 fully saturated rings. The second kappa shape index (κ2) is 9.17. The lowest BCUT2D eigenvalue weighted by Gasteiger charge is -1.92. The molecule has 0 aliphatic carbocycles. The highest BCUT2D eigenvalue weighted by Crippen LogP contribution is 2.02. The predicted molar refractivity (Wildman–Crippen MR) is 53.3 cm³/mol. The van der Waals surface area contributed by atoms with Crippen molar-refractivity contribution >= 4 is 9.24 Å². The van der Waals surface area contributed by atoms with Gasteiger partial charge in [-0.25, -0.2) is 0 Å². The Morgan fingerprint density at radius 1 is 1.30 bits per heavy atom. The van der Waals surface area contributed by atoms with Gasteiger partial charge in [0.1, 0.15) is 0 Å². The number of hydrogen-bond donors (Lipinski definition) is 0. The van der Waals surface area contributed by atoms with Crippen molar-refractivity contribution in [2.24, 2.45) is 0 Å². The van der Waals surface area contributed by atoms with Crippen LogP contribution in [0, 0.1) is 6.16 Å². The van der Waals surface area contributed by atoms with Crippen molar-refractivity contribution in [2.75, 3.05) is 0 Å². The molecule has 0 aromatic heterocycles. The Hall–Kier alpha value is 0.170. The van der Waals surface area contributed by atoms with Gasteiger partial charge in [-0.1, -0.05) is 25.8 Å². The topological polar surface area (TPSA) is 0 Å². The van der Waals surface area contributed by atoms with Gasteiger partial charge in [0, 0.05) is 0 Å². The molecule has 0 amide bonds. The number of rotatable bonds is 6. The van der Waals surface area contributed by atoms with Crippen molar-refractivity contribution in [3.05, 3.63) is 18.3 Å². The van der Waals surface area contributed by atoms with Crippen LogP contribution in [0.3, 0.4) is 0 Å². The first-order valence-corrected chi connectivity index (χ1v) is 4.99. The summed E-state index contributed by atoms with van der Waals surface area (Å²) >= 11 is 0. The minimum atomic E-state index is 1.14. The van der Waals surface area contributed by atoms with Gasteiger partial charge in [0.15, 0.2) is 0 Å². The summed E-state index contributed by atoms with van der Waals surface area (Å²) in [7, 11) is 1.92. The Labute approximate surface area is 67.3 Å². The molecule has 0 bridgehead atoms. The lowest BCUT2D eigenvalue weighted by molar-refractivity contribution is 0.728. The van der Waals surface area contributed by atoms with Crippen LogP contribution in [0.1, 0.15) is 39.0 Å². The summed E-state index contributed by atoms with van der Waals surface area (Å²) in [6.45, 7) is 2.24. The Morgan fingerprint density at radius 3 is 2.70 bits per heavy atom. The summed E-state index contributed by atoms with van der Waals surface area (Å²) in [6, 6.07) is 0. The molecule has 60 valence electrons. The van der Waals surface area contributed by atoms with Gasteiger partial charge in [0.25, 0.3) is 0 Å². The van der Waals surface area contributed by atoms with Gasteiger partial charge in [0.2, 0.25) is 0 Å². The molecule has 0 N–H and O–H groups in total. The highest BCUT2D eigenvalue weighted by molar-refractivity contribution is 7.19. The largest absolute Gasteiger partial charge is 0.169 e. The second-order valence-electron chi connectivity index (χ2n) is 2.49. The van der Waals surface area contributed by atoms with Gasteiger partial charge in [-0.15, -0.1) is 12.5 Å². The third-order valence-corrected chi connectivity index (χ3v) is 1.78. The first-order valence-electron chi connectivity index (χ1n) is 4.17. The highest BCUT2D eigenvalue weighted by atomic mass is 31.0. The fraction of sp³-hybridized carbons (Fsp3) is 0.667. The number of hydrogen-bond acceptors (Lipinski definition) is 0. The van der Waals surface area contributed by atoms with Crippen LogP contribution in [-0.2, 0) is 0 Å². The summed E-state index contributed by atoms with van der Waals surface area (Å²) in [5, 5.41) is 0. The zero-order chi connectivity index (χ0) is 7.66. The second-order valence-corrected chi connectivity index (χ2v) is 3.07. The zero-order valence-corrected chi connectivity index (χ0v) is 8.39. The normalized spacial score (nSPS) is 11.3. The fourth-order valence-electron chi connectivity index (χ4n) is 0.822. The molecule has 10 heavy (non-hydrogen) atoms. The molecule has 0 nitrogen and oxygen atoms in total. The smallest absolute Gasteiger partial charge is 0.0352 e. The molecule has 0 saturated carbocycles. The summed E-state index contributed by atoms with van der Waals surface area (Å²) in [6.07, 6.45) is 13.2. The van der Waals surface area contributed by atoms with Crippen molar-refractivity contribution in [3.63, 3.8) is 0 Å². The number of unbranched alkanes of at least 4 members (excludes halogenated alkanes) is 3. The molecule has 0 saturated heterocycles. The van der Waals surface area contributed by atoms with E-state index in [9.17, 15) is 0 Å². The van der Waals surface area contributed by atoms with Gasteiger partial charge in [-0.05, 0) is 12.8 Å². The first kappa shape index (κ1) is 10.2. The van der Waals surface area contributed by atoms with Crippen LogP contribution in [0.5, 0.6) is 0 Å². The summed E-state index contributed by atoms with van der Waals surface area (Å²) < 4.78 is 0. The van der Waals surface area contributed by atoms with E-state index in [0.29, 0.717) is 0 Å². The quantitative estimate of drug-likeness (QED) is 0.241. The first-order chi connectivity index (χ1) is 4.91. The fourth-order valence-corrected chi connectivity index (χ4v) is 1.01. The Kier molecular flexibility index (Phi) is 9.33. The maximum atomic E-state index is 2.29. The molecule has 0 aromatic rings. The van der Waals surface area contributed by atoms with Gasteiger partial charge < -0.3 is 0 Å². The van der Waals surface area contributed by atoms with Crippen LogP contribution in [0.2, 0.25) is 0 Å². The number of allylic oxidation sites excluding steroid dienone is 2. The minimum Gasteiger partial charge on any atom is -0.169 e. The molecule has 0 aliphatic heterocycles. The highest BCUT2D eigenvalue weighted by Gasteiger charge is 1.79. The van der Waals surface area contributed by atoms with Gasteiger partial charge >= 0.3 is 0 Å². The summed E-state index contributed by atoms with van der Waals surface area (Å²) in [5.74, 6) is 0. The van der Waals surface area contributed by atoms with Crippen molar-refractivity contribution in [1.29, 1.82) is 0 Å². The van der Waals surface area contributed by atoms with E-state index in [0.717, 1.165) is 6.42 Å². The third-order valence-electron chi connectivity index (χ3n) is 1.44. The lowest BCUT2D eigenvalue weighted by Crippen LogP contribution is -1.70. The molecular weight excluding hydrogens is 139 g/mol. The van der Waals surface area contributed by atoms with Crippen LogP contribution in [-0.4, -0.2) is 0 Å². The van der Waals surface area contributed by atoms with E-state index < -0.39 is 0 Å². The molecule has 0 radical (unpaired) electrons. The van der Waals surface area contributed by atoms with E-state index in [1.54, 1.807) is 0 Å². The molecular formula is C9H19P. The van der Waals surface area contributed by atoms with Crippen LogP contribution >= 0.6 is 9.24 Å². The van der Waals surface area contributed by atoms with Crippen molar-refractivity contribution in [3.8, 4) is 0 Å². The molecule has 1 heteroatoms. The van der Waals surface area contributed by atoms with Gasteiger partial charge in [-0.3, -0.25) is 0 Å². The minimum absolute atomic E-state index is 1.14. The van der Waals surface area contributed by atoms with Crippen LogP contribution in [0.25, 0.3) is 0 Å². The molecule has 0 heterocycles. The Balaban J connectivity index is 2.88. The SMILES string of the molecule is CCCCC/C=C\C[CH-][PH3+]. The molecule has 0 rings (SSSR count). The maximum absolute atomic E-state index is 2.29. The lowest BCUT2D eigenvalue weighted by atomic mass is 10.2. The van der Waals surface area contributed by atoms with E-state index in [2.05, 4.69) is 25.2 Å². The maximum Gasteiger partial charge on any atom is -0.0352 e. The van der Waals surface area contributed by atoms with E-state index in [4.69, 9.17) is 0 Å². The monoisotopic (exact) mass is 158 g/mol. The predicted octanol–water partition coefficient (Wildman–Crippen LogP) is 3.28. The molecule has 0 aromatic carbocycles. The van der Waals surface area contributed by atoms with E-state index in [-0.39, 0.29) is 0 Å². The Morgan fingerprint density at radius 2 is 2.10 bits per heavy atom. The van der Waals surface area contributed by atoms with E-state index in [1.807, 2.05) is 9.24 Å². The van der Waals surface area contributed by atoms with Crippen LogP contribution in [0.15, 0.2) is 12.2 Å². The van der Waals surface area contributed by atoms with Gasteiger partial charge in [0.05, 0.1) is 0 Å². The average Bonchev–Trinajstić information content (AvgIpc) is 1.97.